The number of amides is 1. The lowest BCUT2D eigenvalue weighted by molar-refractivity contribution is 0.126. The van der Waals surface area contributed by atoms with Crippen LogP contribution < -0.4 is 11.1 Å². The van der Waals surface area contributed by atoms with Crippen LogP contribution in [0, 0.1) is 5.92 Å². The zero-order valence-electron chi connectivity index (χ0n) is 10.2. The summed E-state index contributed by atoms with van der Waals surface area (Å²) >= 11 is 0. The van der Waals surface area contributed by atoms with Crippen LogP contribution in [-0.4, -0.2) is 40.7 Å². The van der Waals surface area contributed by atoms with Crippen molar-refractivity contribution in [3.63, 3.8) is 0 Å². The Morgan fingerprint density at radius 1 is 1.56 bits per heavy atom. The van der Waals surface area contributed by atoms with Gasteiger partial charge in [-0.15, -0.1) is 0 Å². The number of hydrogen-bond acceptors (Lipinski definition) is 4. The minimum absolute atomic E-state index is 0.494. The van der Waals surface area contributed by atoms with Gasteiger partial charge in [0.1, 0.15) is 0 Å². The number of nitrogens with two attached hydrogens (primary N) is 1. The Kier molecular flexibility index (Phi) is 3.86. The number of nitrogens with one attached hydrogen (secondary N) is 1. The molecule has 0 atom stereocenters. The summed E-state index contributed by atoms with van der Waals surface area (Å²) in [7, 11) is 0. The standard InChI is InChI=1S/C12H18N4O2/c13-10-8-14-4-1-11(10)15-7-9-2-5-16(6-3-9)12(17)18/h1,4,8-9H,2-3,5-7,13H2,(H,14,15)(H,17,18). The fraction of sp³-hybridized carbons (Fsp3) is 0.500. The van der Waals surface area contributed by atoms with Gasteiger partial charge < -0.3 is 21.1 Å². The number of likely N-dealkylation sites (tertiary alicyclic amines) is 1. The molecule has 0 spiro atoms. The zero-order chi connectivity index (χ0) is 13.0. The number of piperidine rings is 1. The number of rotatable bonds is 3. The molecule has 0 unspecified atom stereocenters. The fourth-order valence-corrected chi connectivity index (χ4v) is 2.15. The molecule has 0 saturated carbocycles. The van der Waals surface area contributed by atoms with E-state index < -0.39 is 6.09 Å². The largest absolute Gasteiger partial charge is 0.465 e. The van der Waals surface area contributed by atoms with Gasteiger partial charge in [-0.1, -0.05) is 0 Å². The summed E-state index contributed by atoms with van der Waals surface area (Å²) in [6.45, 7) is 2.06. The molecule has 1 aromatic rings. The minimum Gasteiger partial charge on any atom is -0.465 e. The van der Waals surface area contributed by atoms with Crippen LogP contribution in [0.3, 0.4) is 0 Å². The minimum atomic E-state index is -0.820. The quantitative estimate of drug-likeness (QED) is 0.755. The molecule has 1 fully saturated rings. The maximum atomic E-state index is 10.8. The van der Waals surface area contributed by atoms with E-state index in [2.05, 4.69) is 10.3 Å². The Balaban J connectivity index is 1.79. The first-order chi connectivity index (χ1) is 8.66. The molecule has 1 aromatic heterocycles. The molecule has 2 heterocycles. The van der Waals surface area contributed by atoms with Gasteiger partial charge in [-0.2, -0.15) is 0 Å². The van der Waals surface area contributed by atoms with Gasteiger partial charge in [0, 0.05) is 25.8 Å². The lowest BCUT2D eigenvalue weighted by Gasteiger charge is -2.30. The van der Waals surface area contributed by atoms with Crippen molar-refractivity contribution in [1.82, 2.24) is 9.88 Å². The Bertz CT molecular complexity index is 416. The highest BCUT2D eigenvalue weighted by Crippen LogP contribution is 2.20. The van der Waals surface area contributed by atoms with Gasteiger partial charge in [-0.25, -0.2) is 4.79 Å². The summed E-state index contributed by atoms with van der Waals surface area (Å²) in [5.41, 5.74) is 7.32. The Hall–Kier alpha value is -1.98. The Morgan fingerprint density at radius 3 is 2.89 bits per heavy atom. The van der Waals surface area contributed by atoms with Crippen LogP contribution in [0.5, 0.6) is 0 Å². The molecular weight excluding hydrogens is 232 g/mol. The number of nitrogen functional groups attached to an aromatic ring is 1. The molecule has 4 N–H and O–H groups in total. The molecule has 18 heavy (non-hydrogen) atoms. The van der Waals surface area contributed by atoms with Crippen LogP contribution in [-0.2, 0) is 0 Å². The molecule has 98 valence electrons. The fourth-order valence-electron chi connectivity index (χ4n) is 2.15. The summed E-state index contributed by atoms with van der Waals surface area (Å²) in [6.07, 6.45) is 4.29. The molecule has 1 amide bonds. The van der Waals surface area contributed by atoms with E-state index in [0.29, 0.717) is 24.7 Å². The lowest BCUT2D eigenvalue weighted by Crippen LogP contribution is -2.39. The highest BCUT2D eigenvalue weighted by molar-refractivity contribution is 5.65. The molecule has 1 aliphatic heterocycles. The van der Waals surface area contributed by atoms with E-state index in [4.69, 9.17) is 10.8 Å². The van der Waals surface area contributed by atoms with Gasteiger partial charge in [-0.05, 0) is 24.8 Å². The topological polar surface area (TPSA) is 91.5 Å². The van der Waals surface area contributed by atoms with Crippen molar-refractivity contribution in [2.24, 2.45) is 5.92 Å². The van der Waals surface area contributed by atoms with Crippen LogP contribution in [0.25, 0.3) is 0 Å². The van der Waals surface area contributed by atoms with E-state index in [9.17, 15) is 4.79 Å². The van der Waals surface area contributed by atoms with Crippen LogP contribution in [0.4, 0.5) is 16.2 Å². The summed E-state index contributed by atoms with van der Waals surface area (Å²) in [5.74, 6) is 0.494. The van der Waals surface area contributed by atoms with Gasteiger partial charge in [-0.3, -0.25) is 4.98 Å². The second-order valence-electron chi connectivity index (χ2n) is 4.56. The average molecular weight is 250 g/mol. The van der Waals surface area contributed by atoms with Crippen molar-refractivity contribution < 1.29 is 9.90 Å². The first-order valence-corrected chi connectivity index (χ1v) is 6.08. The van der Waals surface area contributed by atoms with Crippen molar-refractivity contribution in [3.8, 4) is 0 Å². The van der Waals surface area contributed by atoms with E-state index in [-0.39, 0.29) is 0 Å². The van der Waals surface area contributed by atoms with Crippen LogP contribution in [0.15, 0.2) is 18.5 Å². The maximum absolute atomic E-state index is 10.8. The number of hydrogen-bond donors (Lipinski definition) is 3. The van der Waals surface area contributed by atoms with Crippen molar-refractivity contribution in [1.29, 1.82) is 0 Å². The van der Waals surface area contributed by atoms with Crippen molar-refractivity contribution >= 4 is 17.5 Å². The summed E-state index contributed by atoms with van der Waals surface area (Å²) in [5, 5.41) is 12.2. The van der Waals surface area contributed by atoms with E-state index >= 15 is 0 Å². The van der Waals surface area contributed by atoms with Crippen LogP contribution in [0.1, 0.15) is 12.8 Å². The van der Waals surface area contributed by atoms with Gasteiger partial charge in [0.25, 0.3) is 0 Å². The van der Waals surface area contributed by atoms with E-state index in [0.717, 1.165) is 25.1 Å². The number of nitrogens with zero attached hydrogens (tertiary/aromatic N) is 2. The molecular formula is C12H18N4O2. The predicted molar refractivity (Wildman–Crippen MR) is 69.5 cm³/mol. The van der Waals surface area contributed by atoms with Gasteiger partial charge in [0.15, 0.2) is 0 Å². The molecule has 6 nitrogen and oxygen atoms in total. The third-order valence-corrected chi connectivity index (χ3v) is 3.32. The number of carboxylic acid groups (broad SMARTS) is 1. The van der Waals surface area contributed by atoms with Crippen molar-refractivity contribution in [2.75, 3.05) is 30.7 Å². The summed E-state index contributed by atoms with van der Waals surface area (Å²) in [6, 6.07) is 1.85. The van der Waals surface area contributed by atoms with E-state index in [1.807, 2.05) is 6.07 Å². The molecule has 2 rings (SSSR count). The lowest BCUT2D eigenvalue weighted by atomic mass is 9.97. The maximum Gasteiger partial charge on any atom is 0.407 e. The highest BCUT2D eigenvalue weighted by atomic mass is 16.4. The molecule has 0 aliphatic carbocycles. The third kappa shape index (κ3) is 3.03. The van der Waals surface area contributed by atoms with Crippen molar-refractivity contribution in [2.45, 2.75) is 12.8 Å². The number of pyridine rings is 1. The number of anilines is 2. The molecule has 1 saturated heterocycles. The van der Waals surface area contributed by atoms with E-state index in [1.54, 1.807) is 12.4 Å². The Morgan fingerprint density at radius 2 is 2.28 bits per heavy atom. The number of aromatic nitrogens is 1. The average Bonchev–Trinajstić information content (AvgIpc) is 2.38. The molecule has 0 aromatic carbocycles. The third-order valence-electron chi connectivity index (χ3n) is 3.32. The Labute approximate surface area is 106 Å². The second kappa shape index (κ2) is 5.57. The van der Waals surface area contributed by atoms with Crippen molar-refractivity contribution in [3.05, 3.63) is 18.5 Å². The van der Waals surface area contributed by atoms with Gasteiger partial charge in [0.2, 0.25) is 0 Å². The van der Waals surface area contributed by atoms with Crippen LogP contribution >= 0.6 is 0 Å². The monoisotopic (exact) mass is 250 g/mol. The van der Waals surface area contributed by atoms with Gasteiger partial charge >= 0.3 is 6.09 Å². The molecule has 6 heteroatoms. The first kappa shape index (κ1) is 12.5. The zero-order valence-corrected chi connectivity index (χ0v) is 10.2. The summed E-state index contributed by atoms with van der Waals surface area (Å²) in [4.78, 5) is 16.2. The first-order valence-electron chi connectivity index (χ1n) is 6.08. The SMILES string of the molecule is Nc1cnccc1NCC1CCN(C(=O)O)CC1. The molecule has 1 aliphatic rings. The smallest absolute Gasteiger partial charge is 0.407 e. The normalized spacial score (nSPS) is 16.6. The second-order valence-corrected chi connectivity index (χ2v) is 4.56. The van der Waals surface area contributed by atoms with Crippen LogP contribution in [0.2, 0.25) is 0 Å². The van der Waals surface area contributed by atoms with E-state index in [1.165, 1.54) is 4.90 Å². The summed E-state index contributed by atoms with van der Waals surface area (Å²) < 4.78 is 0. The molecule has 0 bridgehead atoms. The number of carbonyl (C=O) groups is 1. The predicted octanol–water partition coefficient (Wildman–Crippen LogP) is 1.47. The van der Waals surface area contributed by atoms with Gasteiger partial charge in [0.05, 0.1) is 17.6 Å². The highest BCUT2D eigenvalue weighted by Gasteiger charge is 2.21. The molecule has 0 radical (unpaired) electrons.